The third kappa shape index (κ3) is 5.47. The van der Waals surface area contributed by atoms with Gasteiger partial charge in [-0.25, -0.2) is 9.97 Å². The van der Waals surface area contributed by atoms with Crippen LogP contribution in [0.2, 0.25) is 0 Å². The van der Waals surface area contributed by atoms with E-state index >= 15 is 0 Å². The molecular formula is C15H26N4O2. The minimum Gasteiger partial charge on any atom is -0.381 e. The summed E-state index contributed by atoms with van der Waals surface area (Å²) in [4.78, 5) is 8.97. The molecular weight excluding hydrogens is 268 g/mol. The molecule has 1 fully saturated rings. The third-order valence-electron chi connectivity index (χ3n) is 3.48. The van der Waals surface area contributed by atoms with Crippen LogP contribution >= 0.6 is 0 Å². The maximum atomic E-state index is 5.41. The normalized spacial score (nSPS) is 15.9. The third-order valence-corrected chi connectivity index (χ3v) is 3.48. The summed E-state index contributed by atoms with van der Waals surface area (Å²) in [5.41, 5.74) is 0. The van der Waals surface area contributed by atoms with Gasteiger partial charge in [-0.15, -0.1) is 0 Å². The second-order valence-corrected chi connectivity index (χ2v) is 5.16. The second kappa shape index (κ2) is 8.79. The van der Waals surface area contributed by atoms with Crippen molar-refractivity contribution < 1.29 is 9.47 Å². The van der Waals surface area contributed by atoms with Gasteiger partial charge >= 0.3 is 0 Å². The Morgan fingerprint density at radius 3 is 2.57 bits per heavy atom. The number of nitrogens with zero attached hydrogens (tertiary/aromatic N) is 2. The van der Waals surface area contributed by atoms with E-state index in [4.69, 9.17) is 9.47 Å². The van der Waals surface area contributed by atoms with E-state index in [1.807, 2.05) is 13.0 Å². The molecule has 118 valence electrons. The van der Waals surface area contributed by atoms with Gasteiger partial charge in [-0.2, -0.15) is 0 Å². The van der Waals surface area contributed by atoms with Gasteiger partial charge in [0.25, 0.3) is 0 Å². The number of hydrogen-bond acceptors (Lipinski definition) is 6. The van der Waals surface area contributed by atoms with Gasteiger partial charge in [0.05, 0.1) is 0 Å². The Bertz CT molecular complexity index is 422. The Kier molecular flexibility index (Phi) is 6.69. The van der Waals surface area contributed by atoms with Crippen molar-refractivity contribution >= 4 is 11.6 Å². The highest BCUT2D eigenvalue weighted by Gasteiger charge is 2.14. The largest absolute Gasteiger partial charge is 0.381 e. The van der Waals surface area contributed by atoms with Crippen LogP contribution in [0.25, 0.3) is 0 Å². The van der Waals surface area contributed by atoms with Crippen molar-refractivity contribution in [2.45, 2.75) is 33.3 Å². The van der Waals surface area contributed by atoms with Gasteiger partial charge in [0.1, 0.15) is 18.2 Å². The summed E-state index contributed by atoms with van der Waals surface area (Å²) >= 11 is 0. The standard InChI is InChI=1S/C15H26N4O2/c1-3-16-13-9-14(19-15(18-13)11-20-4-2)17-10-12-5-7-21-8-6-12/h9,12H,3-8,10-11H2,1-2H3,(H2,16,17,18,19). The lowest BCUT2D eigenvalue weighted by atomic mass is 10.0. The van der Waals surface area contributed by atoms with Gasteiger partial charge in [0.15, 0.2) is 5.82 Å². The van der Waals surface area contributed by atoms with Gasteiger partial charge in [0, 0.05) is 39.0 Å². The first-order chi connectivity index (χ1) is 10.3. The summed E-state index contributed by atoms with van der Waals surface area (Å²) in [7, 11) is 0. The second-order valence-electron chi connectivity index (χ2n) is 5.16. The molecule has 0 bridgehead atoms. The number of nitrogens with one attached hydrogen (secondary N) is 2. The van der Waals surface area contributed by atoms with Crippen molar-refractivity contribution in [3.8, 4) is 0 Å². The first-order valence-electron chi connectivity index (χ1n) is 7.83. The molecule has 21 heavy (non-hydrogen) atoms. The number of aromatic nitrogens is 2. The molecule has 1 aromatic rings. The molecule has 2 N–H and O–H groups in total. The van der Waals surface area contributed by atoms with Gasteiger partial charge in [0.2, 0.25) is 0 Å². The molecule has 0 spiro atoms. The van der Waals surface area contributed by atoms with Crippen LogP contribution in [0.15, 0.2) is 6.07 Å². The predicted molar refractivity (Wildman–Crippen MR) is 83.6 cm³/mol. The Labute approximate surface area is 126 Å². The molecule has 2 rings (SSSR count). The van der Waals surface area contributed by atoms with Crippen LogP contribution in [0.5, 0.6) is 0 Å². The summed E-state index contributed by atoms with van der Waals surface area (Å²) < 4.78 is 10.8. The molecule has 0 aliphatic carbocycles. The Morgan fingerprint density at radius 2 is 1.90 bits per heavy atom. The van der Waals surface area contributed by atoms with Crippen LogP contribution in [0.1, 0.15) is 32.5 Å². The van der Waals surface area contributed by atoms with E-state index in [0.29, 0.717) is 25.0 Å². The summed E-state index contributed by atoms with van der Waals surface area (Å²) in [6.07, 6.45) is 2.23. The zero-order chi connectivity index (χ0) is 14.9. The molecule has 6 nitrogen and oxygen atoms in total. The number of hydrogen-bond donors (Lipinski definition) is 2. The van der Waals surface area contributed by atoms with Crippen molar-refractivity contribution in [3.63, 3.8) is 0 Å². The summed E-state index contributed by atoms with van der Waals surface area (Å²) in [6, 6.07) is 1.96. The minimum atomic E-state index is 0.446. The monoisotopic (exact) mass is 294 g/mol. The maximum Gasteiger partial charge on any atom is 0.158 e. The Balaban J connectivity index is 1.96. The molecule has 0 atom stereocenters. The summed E-state index contributed by atoms with van der Waals surface area (Å²) in [5, 5.41) is 6.66. The molecule has 1 aliphatic rings. The fraction of sp³-hybridized carbons (Fsp3) is 0.733. The van der Waals surface area contributed by atoms with Crippen LogP contribution in [0.3, 0.4) is 0 Å². The zero-order valence-electron chi connectivity index (χ0n) is 13.0. The molecule has 0 amide bonds. The molecule has 0 radical (unpaired) electrons. The molecule has 0 saturated carbocycles. The first-order valence-corrected chi connectivity index (χ1v) is 7.83. The Hall–Kier alpha value is -1.40. The molecule has 6 heteroatoms. The van der Waals surface area contributed by atoms with E-state index in [2.05, 4.69) is 27.5 Å². The van der Waals surface area contributed by atoms with Crippen molar-refractivity contribution in [2.75, 3.05) is 43.5 Å². The van der Waals surface area contributed by atoms with E-state index in [9.17, 15) is 0 Å². The van der Waals surface area contributed by atoms with Crippen LogP contribution in [0.4, 0.5) is 11.6 Å². The smallest absolute Gasteiger partial charge is 0.158 e. The molecule has 2 heterocycles. The van der Waals surface area contributed by atoms with Crippen LogP contribution in [-0.4, -0.2) is 42.9 Å². The highest BCUT2D eigenvalue weighted by Crippen LogP contribution is 2.17. The zero-order valence-corrected chi connectivity index (χ0v) is 13.0. The van der Waals surface area contributed by atoms with Crippen molar-refractivity contribution in [3.05, 3.63) is 11.9 Å². The molecule has 1 aromatic heterocycles. The van der Waals surface area contributed by atoms with E-state index in [1.54, 1.807) is 0 Å². The lowest BCUT2D eigenvalue weighted by molar-refractivity contribution is 0.0699. The maximum absolute atomic E-state index is 5.41. The minimum absolute atomic E-state index is 0.446. The lowest BCUT2D eigenvalue weighted by Crippen LogP contribution is -2.23. The highest BCUT2D eigenvalue weighted by molar-refractivity contribution is 5.47. The number of anilines is 2. The number of rotatable bonds is 8. The number of ether oxygens (including phenoxy) is 2. The molecule has 0 aromatic carbocycles. The predicted octanol–water partition coefficient (Wildman–Crippen LogP) is 2.28. The quantitative estimate of drug-likeness (QED) is 0.766. The topological polar surface area (TPSA) is 68.3 Å². The van der Waals surface area contributed by atoms with Crippen LogP contribution in [-0.2, 0) is 16.1 Å². The van der Waals surface area contributed by atoms with Gasteiger partial charge in [-0.1, -0.05) is 0 Å². The Morgan fingerprint density at radius 1 is 1.19 bits per heavy atom. The lowest BCUT2D eigenvalue weighted by Gasteiger charge is -2.22. The first kappa shape index (κ1) is 16.0. The average molecular weight is 294 g/mol. The molecule has 1 aliphatic heterocycles. The van der Waals surface area contributed by atoms with Crippen LogP contribution < -0.4 is 10.6 Å². The fourth-order valence-electron chi connectivity index (χ4n) is 2.32. The highest BCUT2D eigenvalue weighted by atomic mass is 16.5. The summed E-state index contributed by atoms with van der Waals surface area (Å²) in [5.74, 6) is 3.08. The van der Waals surface area contributed by atoms with E-state index in [1.165, 1.54) is 0 Å². The molecule has 1 saturated heterocycles. The molecule has 0 unspecified atom stereocenters. The van der Waals surface area contributed by atoms with Gasteiger partial charge in [-0.3, -0.25) is 0 Å². The van der Waals surface area contributed by atoms with Crippen molar-refractivity contribution in [2.24, 2.45) is 5.92 Å². The van der Waals surface area contributed by atoms with Gasteiger partial charge < -0.3 is 20.1 Å². The summed E-state index contributed by atoms with van der Waals surface area (Å²) in [6.45, 7) is 8.65. The fourth-order valence-corrected chi connectivity index (χ4v) is 2.32. The van der Waals surface area contributed by atoms with Crippen molar-refractivity contribution in [1.29, 1.82) is 0 Å². The average Bonchev–Trinajstić information content (AvgIpc) is 2.52. The SMILES string of the molecule is CCNc1cc(NCC2CCOCC2)nc(COCC)n1. The van der Waals surface area contributed by atoms with E-state index in [0.717, 1.165) is 50.8 Å². The van der Waals surface area contributed by atoms with Crippen LogP contribution in [0, 0.1) is 5.92 Å². The van der Waals surface area contributed by atoms with E-state index in [-0.39, 0.29) is 0 Å². The van der Waals surface area contributed by atoms with Gasteiger partial charge in [-0.05, 0) is 32.6 Å². The van der Waals surface area contributed by atoms with E-state index < -0.39 is 0 Å². The van der Waals surface area contributed by atoms with Crippen molar-refractivity contribution in [1.82, 2.24) is 9.97 Å².